The van der Waals surface area contributed by atoms with E-state index in [0.29, 0.717) is 6.42 Å². The Balaban J connectivity index is 2.20. The van der Waals surface area contributed by atoms with Crippen molar-refractivity contribution in [2.75, 3.05) is 26.4 Å². The van der Waals surface area contributed by atoms with Crippen LogP contribution < -0.4 is 10.6 Å². The number of rotatable bonds is 33. The molecule has 45 heavy (non-hydrogen) atoms. The van der Waals surface area contributed by atoms with Crippen LogP contribution in [0, 0.1) is 5.92 Å². The highest BCUT2D eigenvalue weighted by Crippen LogP contribution is 2.38. The molecule has 1 saturated carbocycles. The Morgan fingerprint density at radius 3 is 1.69 bits per heavy atom. The molecule has 2 atom stereocenters. The SMILES string of the molecule is CCCCCCCCCCCCCCC(=O)O[C@@H](COC(=O)CCCCCCCCCCC1CCC1)COP(=O)([O-])OCCN. The summed E-state index contributed by atoms with van der Waals surface area (Å²) in [5, 5.41) is 0. The number of esters is 2. The predicted molar refractivity (Wildman–Crippen MR) is 179 cm³/mol. The number of carbonyl (C=O) groups is 2. The molecule has 0 heterocycles. The molecular weight excluding hydrogens is 593 g/mol. The molecule has 10 heteroatoms. The molecule has 1 aliphatic rings. The predicted octanol–water partition coefficient (Wildman–Crippen LogP) is 8.69. The number of phosphoric acid groups is 1. The standard InChI is InChI=1S/C35H68NO8P/c1-2-3-4-5-6-7-8-9-10-15-18-21-27-35(38)44-33(31-43-45(39,40)42-29-28-36)30-41-34(37)26-20-17-14-12-11-13-16-19-23-32-24-22-25-32/h32-33H,2-31,36H2,1H3,(H,39,40)/p-1/t33-/m0/s1. The van der Waals surface area contributed by atoms with Crippen molar-refractivity contribution < 1.29 is 37.6 Å². The van der Waals surface area contributed by atoms with Gasteiger partial charge in [-0.05, 0) is 18.8 Å². The van der Waals surface area contributed by atoms with Gasteiger partial charge in [0.1, 0.15) is 6.61 Å². The van der Waals surface area contributed by atoms with Gasteiger partial charge < -0.3 is 29.1 Å². The first kappa shape index (κ1) is 42.0. The molecule has 1 aliphatic carbocycles. The summed E-state index contributed by atoms with van der Waals surface area (Å²) in [6.07, 6.45) is 28.7. The Morgan fingerprint density at radius 2 is 1.20 bits per heavy atom. The second-order valence-electron chi connectivity index (χ2n) is 13.0. The third kappa shape index (κ3) is 26.7. The van der Waals surface area contributed by atoms with Crippen molar-refractivity contribution in [1.29, 1.82) is 0 Å². The van der Waals surface area contributed by atoms with Crippen LogP contribution in [-0.4, -0.2) is 44.4 Å². The fourth-order valence-electron chi connectivity index (χ4n) is 5.65. The molecule has 9 nitrogen and oxygen atoms in total. The molecule has 1 fully saturated rings. The summed E-state index contributed by atoms with van der Waals surface area (Å²) in [6, 6.07) is 0. The van der Waals surface area contributed by atoms with Crippen LogP contribution in [0.25, 0.3) is 0 Å². The van der Waals surface area contributed by atoms with Crippen LogP contribution in [0.2, 0.25) is 0 Å². The maximum Gasteiger partial charge on any atom is 0.306 e. The average Bonchev–Trinajstić information content (AvgIpc) is 2.99. The summed E-state index contributed by atoms with van der Waals surface area (Å²) in [5.74, 6) is 0.156. The lowest BCUT2D eigenvalue weighted by Crippen LogP contribution is -2.30. The fraction of sp³-hybridized carbons (Fsp3) is 0.943. The van der Waals surface area contributed by atoms with E-state index in [2.05, 4.69) is 11.4 Å². The fourth-order valence-corrected chi connectivity index (χ4v) is 6.40. The first-order chi connectivity index (χ1) is 21.9. The van der Waals surface area contributed by atoms with Crippen molar-refractivity contribution in [2.45, 2.75) is 180 Å². The molecule has 0 amide bonds. The van der Waals surface area contributed by atoms with Gasteiger partial charge >= 0.3 is 11.9 Å². The van der Waals surface area contributed by atoms with Crippen LogP contribution in [0.5, 0.6) is 0 Å². The lowest BCUT2D eigenvalue weighted by Gasteiger charge is -2.25. The van der Waals surface area contributed by atoms with Gasteiger partial charge in [-0.2, -0.15) is 0 Å². The van der Waals surface area contributed by atoms with Crippen LogP contribution in [0.4, 0.5) is 0 Å². The normalized spacial score (nSPS) is 15.4. The zero-order chi connectivity index (χ0) is 32.9. The van der Waals surface area contributed by atoms with Gasteiger partial charge in [-0.25, -0.2) is 0 Å². The molecule has 0 saturated heterocycles. The maximum absolute atomic E-state index is 12.5. The first-order valence-corrected chi connectivity index (χ1v) is 20.0. The van der Waals surface area contributed by atoms with Gasteiger partial charge in [0, 0.05) is 19.4 Å². The molecule has 0 aliphatic heterocycles. The third-order valence-electron chi connectivity index (χ3n) is 8.72. The monoisotopic (exact) mass is 660 g/mol. The number of unbranched alkanes of at least 4 members (excludes halogenated alkanes) is 18. The summed E-state index contributed by atoms with van der Waals surface area (Å²) >= 11 is 0. The molecule has 0 radical (unpaired) electrons. The van der Waals surface area contributed by atoms with Crippen molar-refractivity contribution in [1.82, 2.24) is 0 Å². The molecule has 1 unspecified atom stereocenters. The summed E-state index contributed by atoms with van der Waals surface area (Å²) in [6.45, 7) is 1.30. The lowest BCUT2D eigenvalue weighted by molar-refractivity contribution is -0.228. The molecule has 0 bridgehead atoms. The summed E-state index contributed by atoms with van der Waals surface area (Å²) in [5.41, 5.74) is 5.30. The minimum atomic E-state index is -4.61. The number of phosphoric ester groups is 1. The quantitative estimate of drug-likeness (QED) is 0.0416. The summed E-state index contributed by atoms with van der Waals surface area (Å²) in [4.78, 5) is 36.7. The number of hydrogen-bond acceptors (Lipinski definition) is 9. The van der Waals surface area contributed by atoms with Crippen molar-refractivity contribution in [3.05, 3.63) is 0 Å². The third-order valence-corrected chi connectivity index (χ3v) is 9.68. The Kier molecular flexibility index (Phi) is 27.2. The first-order valence-electron chi connectivity index (χ1n) is 18.5. The van der Waals surface area contributed by atoms with E-state index in [1.54, 1.807) is 0 Å². The largest absolute Gasteiger partial charge is 0.756 e. The molecule has 1 rings (SSSR count). The van der Waals surface area contributed by atoms with Gasteiger partial charge in [0.15, 0.2) is 6.10 Å². The Hall–Kier alpha value is -0.990. The highest BCUT2D eigenvalue weighted by atomic mass is 31.2. The number of nitrogens with two attached hydrogens (primary N) is 1. The van der Waals surface area contributed by atoms with Crippen molar-refractivity contribution in [2.24, 2.45) is 11.7 Å². The zero-order valence-corrected chi connectivity index (χ0v) is 29.6. The minimum absolute atomic E-state index is 0.0189. The second kappa shape index (κ2) is 29.2. The van der Waals surface area contributed by atoms with Crippen LogP contribution in [0.3, 0.4) is 0 Å². The van der Waals surface area contributed by atoms with Crippen LogP contribution in [0.15, 0.2) is 0 Å². The molecule has 266 valence electrons. The lowest BCUT2D eigenvalue weighted by atomic mass is 9.81. The second-order valence-corrected chi connectivity index (χ2v) is 14.4. The van der Waals surface area contributed by atoms with E-state index in [0.717, 1.165) is 38.0 Å². The molecule has 2 N–H and O–H groups in total. The van der Waals surface area contributed by atoms with Gasteiger partial charge in [-0.1, -0.05) is 148 Å². The van der Waals surface area contributed by atoms with E-state index in [1.807, 2.05) is 0 Å². The molecule has 0 spiro atoms. The minimum Gasteiger partial charge on any atom is -0.756 e. The van der Waals surface area contributed by atoms with E-state index in [1.165, 1.54) is 116 Å². The Bertz CT molecular complexity index is 764. The van der Waals surface area contributed by atoms with E-state index in [9.17, 15) is 19.0 Å². The van der Waals surface area contributed by atoms with Gasteiger partial charge in [-0.3, -0.25) is 14.2 Å². The molecule has 0 aromatic rings. The molecule has 0 aromatic heterocycles. The highest BCUT2D eigenvalue weighted by molar-refractivity contribution is 7.45. The van der Waals surface area contributed by atoms with Gasteiger partial charge in [0.2, 0.25) is 0 Å². The highest BCUT2D eigenvalue weighted by Gasteiger charge is 2.21. The van der Waals surface area contributed by atoms with Crippen LogP contribution in [0.1, 0.15) is 174 Å². The maximum atomic E-state index is 12.5. The smallest absolute Gasteiger partial charge is 0.306 e. The van der Waals surface area contributed by atoms with E-state index in [-0.39, 0.29) is 32.6 Å². The summed E-state index contributed by atoms with van der Waals surface area (Å²) < 4.78 is 32.2. The van der Waals surface area contributed by atoms with E-state index < -0.39 is 32.5 Å². The topological polar surface area (TPSA) is 137 Å². The van der Waals surface area contributed by atoms with Crippen LogP contribution >= 0.6 is 7.82 Å². The zero-order valence-electron chi connectivity index (χ0n) is 28.7. The van der Waals surface area contributed by atoms with Crippen LogP contribution in [-0.2, 0) is 32.7 Å². The molecular formula is C35H67NO8P-. The molecule has 0 aromatic carbocycles. The van der Waals surface area contributed by atoms with Crippen molar-refractivity contribution >= 4 is 19.8 Å². The number of hydrogen-bond donors (Lipinski definition) is 1. The van der Waals surface area contributed by atoms with Gasteiger partial charge in [-0.15, -0.1) is 0 Å². The van der Waals surface area contributed by atoms with Gasteiger partial charge in [0.05, 0.1) is 13.2 Å². The number of carbonyl (C=O) groups excluding carboxylic acids is 2. The Labute approximate surface area is 275 Å². The van der Waals surface area contributed by atoms with Gasteiger partial charge in [0.25, 0.3) is 7.82 Å². The summed E-state index contributed by atoms with van der Waals surface area (Å²) in [7, 11) is -4.61. The van der Waals surface area contributed by atoms with E-state index >= 15 is 0 Å². The average molecular weight is 661 g/mol. The van der Waals surface area contributed by atoms with Crippen molar-refractivity contribution in [3.63, 3.8) is 0 Å². The van der Waals surface area contributed by atoms with Crippen molar-refractivity contribution in [3.8, 4) is 0 Å². The Morgan fingerprint density at radius 1 is 0.711 bits per heavy atom. The van der Waals surface area contributed by atoms with E-state index in [4.69, 9.17) is 19.7 Å². The number of ether oxygens (including phenoxy) is 2.